The van der Waals surface area contributed by atoms with Crippen molar-refractivity contribution >= 4 is 29.3 Å². The summed E-state index contributed by atoms with van der Waals surface area (Å²) in [6.07, 6.45) is 0.338. The molecule has 1 aliphatic rings. The molecule has 1 N–H and O–H groups in total. The van der Waals surface area contributed by atoms with Crippen molar-refractivity contribution in [1.82, 2.24) is 4.90 Å². The maximum Gasteiger partial charge on any atom is 0.255 e. The van der Waals surface area contributed by atoms with Gasteiger partial charge in [0.2, 0.25) is 5.91 Å². The van der Waals surface area contributed by atoms with Crippen molar-refractivity contribution in [3.63, 3.8) is 0 Å². The summed E-state index contributed by atoms with van der Waals surface area (Å²) in [7, 11) is 0. The summed E-state index contributed by atoms with van der Waals surface area (Å²) in [4.78, 5) is 28.5. The second kappa shape index (κ2) is 9.21. The molecule has 5 heteroatoms. The molecule has 164 valence electrons. The van der Waals surface area contributed by atoms with Crippen LogP contribution in [0, 0.1) is 0 Å². The fourth-order valence-electron chi connectivity index (χ4n) is 4.08. The first-order chi connectivity index (χ1) is 15.4. The summed E-state index contributed by atoms with van der Waals surface area (Å²) in [5, 5.41) is 2.98. The molecule has 1 heterocycles. The van der Waals surface area contributed by atoms with Crippen LogP contribution in [0.4, 0.5) is 5.69 Å². The summed E-state index contributed by atoms with van der Waals surface area (Å²) in [6.45, 7) is 6.85. The second-order valence-corrected chi connectivity index (χ2v) is 9.82. The van der Waals surface area contributed by atoms with Gasteiger partial charge in [0.05, 0.1) is 12.0 Å². The van der Waals surface area contributed by atoms with Crippen LogP contribution in [0.2, 0.25) is 0 Å². The second-order valence-electron chi connectivity index (χ2n) is 8.49. The Balaban J connectivity index is 1.40. The van der Waals surface area contributed by atoms with E-state index in [1.165, 1.54) is 4.90 Å². The number of hydrogen-bond acceptors (Lipinski definition) is 3. The summed E-state index contributed by atoms with van der Waals surface area (Å²) in [5.41, 5.74) is 4.16. The lowest BCUT2D eigenvalue weighted by Crippen LogP contribution is -2.41. The minimum absolute atomic E-state index is 0.0434. The van der Waals surface area contributed by atoms with Gasteiger partial charge in [0, 0.05) is 22.7 Å². The van der Waals surface area contributed by atoms with E-state index in [-0.39, 0.29) is 11.8 Å². The third-order valence-corrected chi connectivity index (χ3v) is 6.86. The Bertz CT molecular complexity index is 1120. The molecule has 4 rings (SSSR count). The largest absolute Gasteiger partial charge is 0.326 e. The zero-order valence-electron chi connectivity index (χ0n) is 18.7. The molecule has 0 radical (unpaired) electrons. The lowest BCUT2D eigenvalue weighted by Gasteiger charge is -2.36. The van der Waals surface area contributed by atoms with Crippen molar-refractivity contribution in [1.29, 1.82) is 0 Å². The van der Waals surface area contributed by atoms with Crippen LogP contribution >= 0.6 is 11.8 Å². The predicted octanol–water partition coefficient (Wildman–Crippen LogP) is 5.87. The van der Waals surface area contributed by atoms with Gasteiger partial charge in [0.15, 0.2) is 0 Å². The zero-order valence-corrected chi connectivity index (χ0v) is 19.5. The van der Waals surface area contributed by atoms with Gasteiger partial charge in [-0.05, 0) is 66.6 Å². The van der Waals surface area contributed by atoms with Crippen LogP contribution in [0.1, 0.15) is 47.8 Å². The van der Waals surface area contributed by atoms with Gasteiger partial charge >= 0.3 is 0 Å². The number of fused-ring (bicyclic) bond motifs is 1. The number of nitrogens with zero attached hydrogens (tertiary/aromatic N) is 1. The molecule has 3 aromatic rings. The van der Waals surface area contributed by atoms with Crippen LogP contribution in [0.3, 0.4) is 0 Å². The van der Waals surface area contributed by atoms with E-state index in [0.717, 1.165) is 33.7 Å². The zero-order chi connectivity index (χ0) is 22.7. The molecule has 0 saturated carbocycles. The van der Waals surface area contributed by atoms with E-state index in [0.29, 0.717) is 13.0 Å². The summed E-state index contributed by atoms with van der Waals surface area (Å²) < 4.78 is 0. The predicted molar refractivity (Wildman–Crippen MR) is 131 cm³/mol. The van der Waals surface area contributed by atoms with E-state index in [1.807, 2.05) is 65.6 Å². The molecule has 0 bridgehead atoms. The number of carbonyl (C=O) groups is 2. The van der Waals surface area contributed by atoms with Crippen molar-refractivity contribution < 1.29 is 9.59 Å². The van der Waals surface area contributed by atoms with E-state index < -0.39 is 5.54 Å². The Hall–Kier alpha value is -3.05. The van der Waals surface area contributed by atoms with Gasteiger partial charge in [0.1, 0.15) is 0 Å². The molecule has 3 aromatic carbocycles. The fourth-order valence-corrected chi connectivity index (χ4v) is 4.75. The average molecular weight is 445 g/mol. The first-order valence-corrected chi connectivity index (χ1v) is 11.9. The topological polar surface area (TPSA) is 49.4 Å². The SMILES string of the molecule is CCSc1ccc(CC(=O)Nc2ccc(C(C)(C)N3Cc4ccccc4C3=O)cc2)cc1. The maximum absolute atomic E-state index is 12.9. The van der Waals surface area contributed by atoms with E-state index in [1.54, 1.807) is 11.8 Å². The lowest BCUT2D eigenvalue weighted by molar-refractivity contribution is -0.115. The molecule has 2 amide bonds. The third kappa shape index (κ3) is 4.58. The lowest BCUT2D eigenvalue weighted by atomic mass is 9.92. The van der Waals surface area contributed by atoms with E-state index in [4.69, 9.17) is 0 Å². The highest BCUT2D eigenvalue weighted by Crippen LogP contribution is 2.36. The normalized spacial score (nSPS) is 13.2. The smallest absolute Gasteiger partial charge is 0.255 e. The highest BCUT2D eigenvalue weighted by Gasteiger charge is 2.38. The van der Waals surface area contributed by atoms with Crippen molar-refractivity contribution in [2.24, 2.45) is 0 Å². The Morgan fingerprint density at radius 1 is 1.00 bits per heavy atom. The van der Waals surface area contributed by atoms with Gasteiger partial charge in [-0.3, -0.25) is 9.59 Å². The Morgan fingerprint density at radius 2 is 1.69 bits per heavy atom. The number of hydrogen-bond donors (Lipinski definition) is 1. The van der Waals surface area contributed by atoms with E-state index in [2.05, 4.69) is 38.2 Å². The number of nitrogens with one attached hydrogen (secondary N) is 1. The minimum Gasteiger partial charge on any atom is -0.326 e. The molecule has 4 nitrogen and oxygen atoms in total. The van der Waals surface area contributed by atoms with Gasteiger partial charge in [0.25, 0.3) is 5.91 Å². The molecule has 0 unspecified atom stereocenters. The molecular formula is C27H28N2O2S. The third-order valence-electron chi connectivity index (χ3n) is 5.97. The standard InChI is InChI=1S/C27H28N2O2S/c1-4-32-23-15-9-19(10-16-23)17-25(30)28-22-13-11-21(12-14-22)27(2,3)29-18-20-7-5-6-8-24(20)26(29)31/h5-16H,4,17-18H2,1-3H3,(H,28,30). The molecule has 0 spiro atoms. The van der Waals surface area contributed by atoms with Gasteiger partial charge in [-0.2, -0.15) is 0 Å². The van der Waals surface area contributed by atoms with E-state index >= 15 is 0 Å². The van der Waals surface area contributed by atoms with Crippen LogP contribution in [0.5, 0.6) is 0 Å². The van der Waals surface area contributed by atoms with E-state index in [9.17, 15) is 9.59 Å². The molecule has 1 aliphatic heterocycles. The molecule has 0 aliphatic carbocycles. The van der Waals surface area contributed by atoms with Gasteiger partial charge in [-0.1, -0.05) is 49.4 Å². The van der Waals surface area contributed by atoms with Crippen LogP contribution in [0.25, 0.3) is 0 Å². The quantitative estimate of drug-likeness (QED) is 0.464. The van der Waals surface area contributed by atoms with Crippen molar-refractivity contribution in [3.8, 4) is 0 Å². The van der Waals surface area contributed by atoms with Crippen LogP contribution in [-0.2, 0) is 23.3 Å². The summed E-state index contributed by atoms with van der Waals surface area (Å²) >= 11 is 1.79. The average Bonchev–Trinajstić information content (AvgIpc) is 3.13. The van der Waals surface area contributed by atoms with Crippen molar-refractivity contribution in [3.05, 3.63) is 95.1 Å². The summed E-state index contributed by atoms with van der Waals surface area (Å²) in [6, 6.07) is 23.7. The van der Waals surface area contributed by atoms with Crippen LogP contribution in [0.15, 0.2) is 77.7 Å². The first-order valence-electron chi connectivity index (χ1n) is 10.9. The Labute approximate surface area is 194 Å². The number of anilines is 1. The fraction of sp³-hybridized carbons (Fsp3) is 0.259. The minimum atomic E-state index is -0.461. The summed E-state index contributed by atoms with van der Waals surface area (Å²) in [5.74, 6) is 1.05. The van der Waals surface area contributed by atoms with Crippen LogP contribution < -0.4 is 5.32 Å². The molecule has 0 aromatic heterocycles. The van der Waals surface area contributed by atoms with Crippen molar-refractivity contribution in [2.75, 3.05) is 11.1 Å². The Morgan fingerprint density at radius 3 is 2.34 bits per heavy atom. The number of rotatable bonds is 7. The maximum atomic E-state index is 12.9. The van der Waals surface area contributed by atoms with Gasteiger partial charge < -0.3 is 10.2 Å². The Kier molecular flexibility index (Phi) is 6.38. The molecule has 0 saturated heterocycles. The number of benzene rings is 3. The van der Waals surface area contributed by atoms with Gasteiger partial charge in [-0.15, -0.1) is 11.8 Å². The monoisotopic (exact) mass is 444 g/mol. The molecule has 32 heavy (non-hydrogen) atoms. The van der Waals surface area contributed by atoms with Gasteiger partial charge in [-0.25, -0.2) is 0 Å². The number of carbonyl (C=O) groups excluding carboxylic acids is 2. The molecule has 0 atom stereocenters. The van der Waals surface area contributed by atoms with Crippen LogP contribution in [-0.4, -0.2) is 22.5 Å². The first kappa shape index (κ1) is 22.2. The molecular weight excluding hydrogens is 416 g/mol. The van der Waals surface area contributed by atoms with Crippen molar-refractivity contribution in [2.45, 2.75) is 44.2 Å². The highest BCUT2D eigenvalue weighted by molar-refractivity contribution is 7.99. The molecule has 0 fully saturated rings. The number of amides is 2. The number of thioether (sulfide) groups is 1. The highest BCUT2D eigenvalue weighted by atomic mass is 32.2.